The van der Waals surface area contributed by atoms with Crippen molar-refractivity contribution in [1.82, 2.24) is 10.4 Å². The first-order chi connectivity index (χ1) is 10.5. The summed E-state index contributed by atoms with van der Waals surface area (Å²) in [7, 11) is 0. The summed E-state index contributed by atoms with van der Waals surface area (Å²) in [5.74, 6) is 3.82. The average Bonchev–Trinajstić information content (AvgIpc) is 2.78. The van der Waals surface area contributed by atoms with Crippen LogP contribution in [0.4, 0.5) is 0 Å². The van der Waals surface area contributed by atoms with Crippen LogP contribution in [0.15, 0.2) is 24.5 Å². The molecule has 2 unspecified atom stereocenters. The Bertz CT molecular complexity index is 575. The monoisotopic (exact) mass is 305 g/mol. The number of hydrogen-bond donors (Lipinski definition) is 2. The molecule has 3 N–H and O–H groups in total. The van der Waals surface area contributed by atoms with Crippen LogP contribution in [0.25, 0.3) is 0 Å². The van der Waals surface area contributed by atoms with Crippen molar-refractivity contribution in [1.29, 1.82) is 0 Å². The number of hydrogen-bond acceptors (Lipinski definition) is 6. The fraction of sp³-hybridized carbons (Fsp3) is 0.467. The van der Waals surface area contributed by atoms with E-state index in [4.69, 9.17) is 5.84 Å². The number of fused-ring (bicyclic) bond motifs is 1. The Morgan fingerprint density at radius 3 is 2.64 bits per heavy atom. The van der Waals surface area contributed by atoms with Gasteiger partial charge in [0.25, 0.3) is 5.91 Å². The highest BCUT2D eigenvalue weighted by Crippen LogP contribution is 2.46. The largest absolute Gasteiger partial charge is 0.392 e. The van der Waals surface area contributed by atoms with Gasteiger partial charge in [0.15, 0.2) is 0 Å². The molecule has 7 nitrogen and oxygen atoms in total. The number of nitrogens with two attached hydrogens (primary N) is 1. The minimum Gasteiger partial charge on any atom is -0.392 e. The number of amides is 1. The molecule has 7 heteroatoms. The lowest BCUT2D eigenvalue weighted by atomic mass is 9.69. The lowest BCUT2D eigenvalue weighted by Crippen LogP contribution is -2.33. The highest BCUT2D eigenvalue weighted by Gasteiger charge is 2.54. The van der Waals surface area contributed by atoms with Crippen molar-refractivity contribution in [2.45, 2.75) is 32.6 Å². The average molecular weight is 305 g/mol. The van der Waals surface area contributed by atoms with Gasteiger partial charge in [-0.15, -0.1) is 0 Å². The lowest BCUT2D eigenvalue weighted by Gasteiger charge is -2.29. The van der Waals surface area contributed by atoms with Gasteiger partial charge in [0.05, 0.1) is 11.3 Å². The fourth-order valence-electron chi connectivity index (χ4n) is 2.82. The van der Waals surface area contributed by atoms with Gasteiger partial charge in [-0.1, -0.05) is 12.8 Å². The van der Waals surface area contributed by atoms with Gasteiger partial charge in [0.2, 0.25) is 0 Å². The van der Waals surface area contributed by atoms with Crippen LogP contribution < -0.4 is 11.3 Å². The van der Waals surface area contributed by atoms with Gasteiger partial charge in [-0.05, 0) is 31.9 Å². The summed E-state index contributed by atoms with van der Waals surface area (Å²) in [6.45, 7) is 1.85. The Morgan fingerprint density at radius 1 is 1.36 bits per heavy atom. The van der Waals surface area contributed by atoms with Crippen molar-refractivity contribution in [2.24, 2.45) is 17.2 Å². The zero-order valence-corrected chi connectivity index (χ0v) is 12.4. The van der Waals surface area contributed by atoms with Crippen LogP contribution in [-0.2, 0) is 14.3 Å². The van der Waals surface area contributed by atoms with E-state index < -0.39 is 5.41 Å². The van der Waals surface area contributed by atoms with Gasteiger partial charge in [0, 0.05) is 18.0 Å². The Kier molecular flexibility index (Phi) is 4.87. The van der Waals surface area contributed by atoms with Gasteiger partial charge in [0.1, 0.15) is 0 Å². The van der Waals surface area contributed by atoms with Crippen LogP contribution in [0.1, 0.15) is 43.0 Å². The van der Waals surface area contributed by atoms with Gasteiger partial charge in [-0.25, -0.2) is 5.84 Å². The Labute approximate surface area is 128 Å². The highest BCUT2D eigenvalue weighted by atomic mass is 16.6. The van der Waals surface area contributed by atoms with Crippen molar-refractivity contribution >= 4 is 17.8 Å². The Balaban J connectivity index is 0.000000164. The number of cyclic esters (lactones) is 2. The van der Waals surface area contributed by atoms with Crippen LogP contribution in [0.3, 0.4) is 0 Å². The number of nitrogens with zero attached hydrogens (tertiary/aromatic N) is 1. The molecule has 1 saturated carbocycles. The summed E-state index contributed by atoms with van der Waals surface area (Å²) in [5.41, 5.74) is 2.04. The second-order valence-electron chi connectivity index (χ2n) is 5.63. The fourth-order valence-corrected chi connectivity index (χ4v) is 2.82. The van der Waals surface area contributed by atoms with Crippen LogP contribution in [0.2, 0.25) is 0 Å². The molecular weight excluding hydrogens is 286 g/mol. The molecule has 1 saturated heterocycles. The third-order valence-corrected chi connectivity index (χ3v) is 4.23. The van der Waals surface area contributed by atoms with E-state index in [1.807, 2.05) is 12.3 Å². The molecule has 1 amide bonds. The number of hydrazine groups is 1. The summed E-state index contributed by atoms with van der Waals surface area (Å²) in [6, 6.07) is 3.17. The van der Waals surface area contributed by atoms with E-state index >= 15 is 0 Å². The minimum absolute atomic E-state index is 0.154. The normalized spacial score (nSPS) is 26.4. The molecule has 3 rings (SSSR count). The quantitative estimate of drug-likeness (QED) is 0.263. The summed E-state index contributed by atoms with van der Waals surface area (Å²) >= 11 is 0. The summed E-state index contributed by atoms with van der Waals surface area (Å²) in [4.78, 5) is 37.0. The molecule has 1 aliphatic heterocycles. The zero-order chi connectivity index (χ0) is 16.2. The van der Waals surface area contributed by atoms with Crippen molar-refractivity contribution in [3.05, 3.63) is 30.1 Å². The number of rotatable bonds is 1. The van der Waals surface area contributed by atoms with E-state index in [9.17, 15) is 14.4 Å². The molecule has 2 aliphatic rings. The third kappa shape index (κ3) is 3.14. The molecule has 2 atom stereocenters. The Morgan fingerprint density at radius 2 is 2.05 bits per heavy atom. The number of nitrogens with one attached hydrogen (secondary N) is 1. The molecule has 0 spiro atoms. The number of ether oxygens (including phenoxy) is 1. The van der Waals surface area contributed by atoms with Crippen LogP contribution in [-0.4, -0.2) is 22.8 Å². The molecule has 0 radical (unpaired) electrons. The van der Waals surface area contributed by atoms with Crippen molar-refractivity contribution < 1.29 is 19.1 Å². The maximum absolute atomic E-state index is 11.3. The molecule has 1 aromatic rings. The van der Waals surface area contributed by atoms with E-state index in [2.05, 4.69) is 9.72 Å². The van der Waals surface area contributed by atoms with E-state index in [-0.39, 0.29) is 23.8 Å². The number of carbonyl (C=O) groups is 3. The first kappa shape index (κ1) is 16.1. The first-order valence-corrected chi connectivity index (χ1v) is 7.16. The zero-order valence-electron chi connectivity index (χ0n) is 12.4. The van der Waals surface area contributed by atoms with E-state index in [0.717, 1.165) is 25.7 Å². The molecule has 0 bridgehead atoms. The molecule has 118 valence electrons. The van der Waals surface area contributed by atoms with Crippen molar-refractivity contribution in [3.63, 3.8) is 0 Å². The molecular formula is C15H19N3O4. The molecule has 2 fully saturated rings. The number of nitrogen functional groups attached to an aromatic ring is 1. The minimum atomic E-state index is -0.491. The van der Waals surface area contributed by atoms with Gasteiger partial charge in [-0.3, -0.25) is 24.8 Å². The lowest BCUT2D eigenvalue weighted by molar-refractivity contribution is -0.155. The molecule has 2 heterocycles. The summed E-state index contributed by atoms with van der Waals surface area (Å²) in [5, 5.41) is 0. The van der Waals surface area contributed by atoms with Crippen LogP contribution in [0.5, 0.6) is 0 Å². The van der Waals surface area contributed by atoms with Crippen LogP contribution >= 0.6 is 0 Å². The molecule has 22 heavy (non-hydrogen) atoms. The molecule has 1 aliphatic carbocycles. The summed E-state index contributed by atoms with van der Waals surface area (Å²) in [6.07, 6.45) is 6.77. The topological polar surface area (TPSA) is 111 Å². The van der Waals surface area contributed by atoms with Crippen LogP contribution in [0, 0.1) is 11.3 Å². The number of carbonyl (C=O) groups excluding carboxylic acids is 3. The van der Waals surface area contributed by atoms with Gasteiger partial charge in [-0.2, -0.15) is 0 Å². The van der Waals surface area contributed by atoms with Crippen molar-refractivity contribution in [3.8, 4) is 0 Å². The highest BCUT2D eigenvalue weighted by molar-refractivity contribution is 5.99. The predicted molar refractivity (Wildman–Crippen MR) is 77.1 cm³/mol. The molecule has 0 aromatic carbocycles. The number of esters is 2. The molecule has 1 aromatic heterocycles. The first-order valence-electron chi connectivity index (χ1n) is 7.16. The predicted octanol–water partition coefficient (Wildman–Crippen LogP) is 0.951. The summed E-state index contributed by atoms with van der Waals surface area (Å²) < 4.78 is 4.63. The van der Waals surface area contributed by atoms with E-state index in [1.54, 1.807) is 12.1 Å². The van der Waals surface area contributed by atoms with Gasteiger partial charge >= 0.3 is 11.9 Å². The second kappa shape index (κ2) is 6.65. The number of aromatic nitrogens is 1. The van der Waals surface area contributed by atoms with E-state index in [0.29, 0.717) is 5.56 Å². The maximum Gasteiger partial charge on any atom is 0.320 e. The van der Waals surface area contributed by atoms with E-state index in [1.165, 1.54) is 12.4 Å². The van der Waals surface area contributed by atoms with Crippen molar-refractivity contribution in [2.75, 3.05) is 0 Å². The second-order valence-corrected chi connectivity index (χ2v) is 5.63. The smallest absolute Gasteiger partial charge is 0.320 e. The van der Waals surface area contributed by atoms with Gasteiger partial charge < -0.3 is 4.74 Å². The standard InChI is InChI=1S/C9H12O3.C6H7N3O/c1-9-5-3-2-4-6(9)7(10)12-8(9)11;7-9-6(10)5-1-3-8-4-2-5/h6H,2-5H2,1H3;1-4H,7H2,(H,9,10). The maximum atomic E-state index is 11.3. The third-order valence-electron chi connectivity index (χ3n) is 4.23. The number of pyridine rings is 1. The Hall–Kier alpha value is -2.28. The SMILES string of the molecule is CC12CCCCC1C(=O)OC2=O.NNC(=O)c1ccncc1.